The molecule has 2 heteroatoms. The summed E-state index contributed by atoms with van der Waals surface area (Å²) in [4.78, 5) is 6.92. The highest BCUT2D eigenvalue weighted by Crippen LogP contribution is 2.35. The van der Waals surface area contributed by atoms with Crippen LogP contribution in [0, 0.1) is 6.92 Å². The van der Waals surface area contributed by atoms with Crippen molar-refractivity contribution in [2.45, 2.75) is 20.4 Å². The standard InChI is InChI=1S/C34H32N2/c1-5-13-29(14-6-2)34(33(35-4)28-17-11-8-12-18-28)36(25-27-15-9-7-10-16-27)32-22-21-30-23-26(3)19-20-31(30)24-32/h5-24H,1,4,25H2,2-3H3/b14-6-,29-13+,34-33-. The molecule has 0 amide bonds. The molecule has 178 valence electrons. The number of allylic oxidation sites excluding steroid dienone is 4. The molecular weight excluding hydrogens is 436 g/mol. The highest BCUT2D eigenvalue weighted by atomic mass is 15.2. The van der Waals surface area contributed by atoms with E-state index in [9.17, 15) is 0 Å². The van der Waals surface area contributed by atoms with Gasteiger partial charge in [-0.3, -0.25) is 4.99 Å². The van der Waals surface area contributed by atoms with Crippen LogP contribution in [0.1, 0.15) is 23.6 Å². The van der Waals surface area contributed by atoms with Crippen LogP contribution in [-0.4, -0.2) is 6.72 Å². The van der Waals surface area contributed by atoms with Crippen LogP contribution < -0.4 is 4.90 Å². The monoisotopic (exact) mass is 468 g/mol. The molecule has 0 unspecified atom stereocenters. The smallest absolute Gasteiger partial charge is 0.0937 e. The normalized spacial score (nSPS) is 12.4. The molecule has 0 N–H and O–H groups in total. The van der Waals surface area contributed by atoms with Gasteiger partial charge in [0.05, 0.1) is 11.4 Å². The van der Waals surface area contributed by atoms with Gasteiger partial charge in [-0.1, -0.05) is 121 Å². The molecule has 0 fully saturated rings. The van der Waals surface area contributed by atoms with Crippen LogP contribution in [-0.2, 0) is 6.54 Å². The highest BCUT2D eigenvalue weighted by Gasteiger charge is 2.21. The molecule has 4 aromatic carbocycles. The molecule has 2 nitrogen and oxygen atoms in total. The zero-order chi connectivity index (χ0) is 25.3. The largest absolute Gasteiger partial charge is 0.335 e. The van der Waals surface area contributed by atoms with Gasteiger partial charge in [0.1, 0.15) is 0 Å². The first-order valence-electron chi connectivity index (χ1n) is 12.2. The average Bonchev–Trinajstić information content (AvgIpc) is 2.91. The molecule has 0 aliphatic rings. The van der Waals surface area contributed by atoms with Crippen LogP contribution in [0.15, 0.2) is 144 Å². The van der Waals surface area contributed by atoms with Crippen LogP contribution in [0.3, 0.4) is 0 Å². The van der Waals surface area contributed by atoms with Crippen molar-refractivity contribution in [3.05, 3.63) is 156 Å². The number of benzene rings is 4. The fourth-order valence-corrected chi connectivity index (χ4v) is 4.43. The summed E-state index contributed by atoms with van der Waals surface area (Å²) in [5, 5.41) is 2.42. The Balaban J connectivity index is 2.03. The van der Waals surface area contributed by atoms with Crippen molar-refractivity contribution in [2.24, 2.45) is 4.99 Å². The van der Waals surface area contributed by atoms with E-state index in [0.717, 1.165) is 28.2 Å². The molecule has 0 saturated heterocycles. The van der Waals surface area contributed by atoms with Gasteiger partial charge in [0.25, 0.3) is 0 Å². The zero-order valence-corrected chi connectivity index (χ0v) is 21.1. The van der Waals surface area contributed by atoms with E-state index in [1.807, 2.05) is 49.4 Å². The number of hydrogen-bond donors (Lipinski definition) is 0. The predicted octanol–water partition coefficient (Wildman–Crippen LogP) is 8.91. The lowest BCUT2D eigenvalue weighted by Crippen LogP contribution is -2.24. The first kappa shape index (κ1) is 24.7. The van der Waals surface area contributed by atoms with Crippen molar-refractivity contribution in [1.82, 2.24) is 0 Å². The van der Waals surface area contributed by atoms with Gasteiger partial charge >= 0.3 is 0 Å². The van der Waals surface area contributed by atoms with Gasteiger partial charge in [0.15, 0.2) is 0 Å². The fourth-order valence-electron chi connectivity index (χ4n) is 4.43. The van der Waals surface area contributed by atoms with Gasteiger partial charge < -0.3 is 4.90 Å². The van der Waals surface area contributed by atoms with Gasteiger partial charge in [-0.15, -0.1) is 0 Å². The Bertz CT molecular complexity index is 1440. The van der Waals surface area contributed by atoms with Crippen molar-refractivity contribution < 1.29 is 0 Å². The number of nitrogens with zero attached hydrogens (tertiary/aromatic N) is 2. The van der Waals surface area contributed by atoms with Crippen molar-refractivity contribution in [1.29, 1.82) is 0 Å². The average molecular weight is 469 g/mol. The van der Waals surface area contributed by atoms with E-state index in [1.54, 1.807) is 0 Å². The minimum Gasteiger partial charge on any atom is -0.335 e. The summed E-state index contributed by atoms with van der Waals surface area (Å²) in [5.74, 6) is 0. The van der Waals surface area contributed by atoms with E-state index < -0.39 is 0 Å². The van der Waals surface area contributed by atoms with E-state index >= 15 is 0 Å². The van der Waals surface area contributed by atoms with Crippen LogP contribution in [0.25, 0.3) is 16.5 Å². The summed E-state index contributed by atoms with van der Waals surface area (Å²) >= 11 is 0. The number of aliphatic imine (C=N–C) groups is 1. The van der Waals surface area contributed by atoms with Gasteiger partial charge in [-0.05, 0) is 49.0 Å². The van der Waals surface area contributed by atoms with Gasteiger partial charge in [-0.25, -0.2) is 0 Å². The van der Waals surface area contributed by atoms with Crippen molar-refractivity contribution in [3.63, 3.8) is 0 Å². The molecule has 0 atom stereocenters. The Morgan fingerprint density at radius 1 is 0.861 bits per heavy atom. The van der Waals surface area contributed by atoms with Crippen molar-refractivity contribution in [3.8, 4) is 0 Å². The molecule has 0 saturated carbocycles. The third-order valence-corrected chi connectivity index (χ3v) is 6.09. The lowest BCUT2D eigenvalue weighted by atomic mass is 10.0. The lowest BCUT2D eigenvalue weighted by Gasteiger charge is -2.30. The summed E-state index contributed by atoms with van der Waals surface area (Å²) in [6.45, 7) is 12.8. The summed E-state index contributed by atoms with van der Waals surface area (Å²) < 4.78 is 0. The summed E-state index contributed by atoms with van der Waals surface area (Å²) in [5.41, 5.74) is 7.36. The summed E-state index contributed by atoms with van der Waals surface area (Å²) in [7, 11) is 0. The topological polar surface area (TPSA) is 15.6 Å². The summed E-state index contributed by atoms with van der Waals surface area (Å²) in [6.07, 6.45) is 8.01. The van der Waals surface area contributed by atoms with E-state index in [1.165, 1.54) is 21.9 Å². The molecule has 0 aliphatic carbocycles. The Morgan fingerprint density at radius 2 is 1.53 bits per heavy atom. The number of anilines is 1. The van der Waals surface area contributed by atoms with Crippen LogP contribution in [0.4, 0.5) is 5.69 Å². The Morgan fingerprint density at radius 3 is 2.19 bits per heavy atom. The number of hydrogen-bond acceptors (Lipinski definition) is 2. The van der Waals surface area contributed by atoms with E-state index in [-0.39, 0.29) is 0 Å². The maximum absolute atomic E-state index is 4.58. The molecule has 4 aromatic rings. The molecule has 0 spiro atoms. The third kappa shape index (κ3) is 5.61. The predicted molar refractivity (Wildman–Crippen MR) is 157 cm³/mol. The molecular formula is C34H32N2. The second kappa shape index (κ2) is 11.8. The zero-order valence-electron chi connectivity index (χ0n) is 21.1. The fraction of sp³-hybridized carbons (Fsp3) is 0.0882. The Kier molecular flexibility index (Phi) is 8.10. The Hall–Kier alpha value is -4.43. The SMILES string of the molecule is C=C/C=C(\C=C/C)C(=C(/N=C)c1ccccc1)/N(Cc1ccccc1)c1ccc2cc(C)ccc2c1. The van der Waals surface area contributed by atoms with Gasteiger partial charge in [0, 0.05) is 23.4 Å². The van der Waals surface area contributed by atoms with Gasteiger partial charge in [-0.2, -0.15) is 0 Å². The molecule has 0 aromatic heterocycles. The molecule has 0 radical (unpaired) electrons. The minimum atomic E-state index is 0.672. The van der Waals surface area contributed by atoms with Crippen LogP contribution in [0.5, 0.6) is 0 Å². The van der Waals surface area contributed by atoms with Gasteiger partial charge in [0.2, 0.25) is 0 Å². The first-order chi connectivity index (χ1) is 17.6. The molecule has 36 heavy (non-hydrogen) atoms. The molecule has 4 rings (SSSR count). The maximum atomic E-state index is 4.58. The quantitative estimate of drug-likeness (QED) is 0.177. The molecule has 0 bridgehead atoms. The van der Waals surface area contributed by atoms with E-state index in [4.69, 9.17) is 0 Å². The second-order valence-electron chi connectivity index (χ2n) is 8.69. The second-order valence-corrected chi connectivity index (χ2v) is 8.69. The maximum Gasteiger partial charge on any atom is 0.0937 e. The lowest BCUT2D eigenvalue weighted by molar-refractivity contribution is 0.925. The van der Waals surface area contributed by atoms with E-state index in [2.05, 4.69) is 109 Å². The van der Waals surface area contributed by atoms with Crippen molar-refractivity contribution in [2.75, 3.05) is 4.90 Å². The highest BCUT2D eigenvalue weighted by molar-refractivity contribution is 5.88. The van der Waals surface area contributed by atoms with Crippen LogP contribution in [0.2, 0.25) is 0 Å². The Labute approximate surface area is 215 Å². The number of fused-ring (bicyclic) bond motifs is 1. The number of aryl methyl sites for hydroxylation is 1. The van der Waals surface area contributed by atoms with E-state index in [0.29, 0.717) is 6.54 Å². The number of rotatable bonds is 9. The van der Waals surface area contributed by atoms with Crippen molar-refractivity contribution >= 4 is 28.9 Å². The first-order valence-corrected chi connectivity index (χ1v) is 12.2. The molecule has 0 aliphatic heterocycles. The molecule has 0 heterocycles. The minimum absolute atomic E-state index is 0.672. The summed E-state index contributed by atoms with van der Waals surface area (Å²) in [6, 6.07) is 34.0. The third-order valence-electron chi connectivity index (χ3n) is 6.09. The van der Waals surface area contributed by atoms with Crippen LogP contribution >= 0.6 is 0 Å².